The highest BCUT2D eigenvalue weighted by Gasteiger charge is 2.41. The van der Waals surface area contributed by atoms with Gasteiger partial charge in [0.25, 0.3) is 0 Å². The maximum atomic E-state index is 12.0. The van der Waals surface area contributed by atoms with E-state index in [0.29, 0.717) is 19.3 Å². The summed E-state index contributed by atoms with van der Waals surface area (Å²) in [6, 6.07) is 0. The lowest BCUT2D eigenvalue weighted by molar-refractivity contribution is -0.331. The molecule has 0 heterocycles. The highest BCUT2D eigenvalue weighted by molar-refractivity contribution is 5.73. The minimum atomic E-state index is -1.94. The molecule has 0 aromatic heterocycles. The normalized spacial score (nSPS) is 11.0. The van der Waals surface area contributed by atoms with Crippen LogP contribution in [0.4, 0.5) is 0 Å². The second-order valence-electron chi connectivity index (χ2n) is 5.77. The smallest absolute Gasteiger partial charge is 0.388 e. The molecule has 0 N–H and O–H groups in total. The summed E-state index contributed by atoms with van der Waals surface area (Å²) >= 11 is 0. The van der Waals surface area contributed by atoms with Crippen LogP contribution in [0.5, 0.6) is 0 Å². The summed E-state index contributed by atoms with van der Waals surface area (Å²) in [6.45, 7) is 7.51. The number of esters is 3. The molecule has 0 rings (SSSR count). The van der Waals surface area contributed by atoms with E-state index in [1.165, 1.54) is 0 Å². The Balaban J connectivity index is 5.01. The molecule has 0 saturated carbocycles. The molecule has 0 aliphatic carbocycles. The second-order valence-corrected chi connectivity index (χ2v) is 5.77. The van der Waals surface area contributed by atoms with Crippen LogP contribution in [0, 0.1) is 0 Å². The molecule has 0 aliphatic heterocycles. The van der Waals surface area contributed by atoms with Crippen molar-refractivity contribution in [3.8, 4) is 0 Å². The molecule has 0 spiro atoms. The molecule has 6 heteroatoms. The van der Waals surface area contributed by atoms with Gasteiger partial charge in [0.15, 0.2) is 0 Å². The fourth-order valence-corrected chi connectivity index (χ4v) is 1.92. The van der Waals surface area contributed by atoms with E-state index in [-0.39, 0.29) is 25.7 Å². The molecular weight excluding hydrogens is 312 g/mol. The van der Waals surface area contributed by atoms with Crippen LogP contribution in [-0.2, 0) is 28.6 Å². The molecule has 0 aromatic rings. The van der Waals surface area contributed by atoms with Gasteiger partial charge >= 0.3 is 23.9 Å². The minimum absolute atomic E-state index is 0.0561. The van der Waals surface area contributed by atoms with E-state index in [1.54, 1.807) is 6.92 Å². The molecule has 6 nitrogen and oxygen atoms in total. The molecule has 140 valence electrons. The third kappa shape index (κ3) is 9.53. The highest BCUT2D eigenvalue weighted by atomic mass is 16.9. The maximum Gasteiger partial charge on any atom is 0.423 e. The monoisotopic (exact) mass is 344 g/mol. The first-order chi connectivity index (χ1) is 11.4. The van der Waals surface area contributed by atoms with Crippen molar-refractivity contribution in [2.24, 2.45) is 0 Å². The molecular formula is C18H32O6. The summed E-state index contributed by atoms with van der Waals surface area (Å²) in [7, 11) is 0. The summed E-state index contributed by atoms with van der Waals surface area (Å²) in [5, 5.41) is 0. The van der Waals surface area contributed by atoms with E-state index in [0.717, 1.165) is 19.3 Å². The summed E-state index contributed by atoms with van der Waals surface area (Å²) in [5.74, 6) is -3.55. The molecule has 24 heavy (non-hydrogen) atoms. The van der Waals surface area contributed by atoms with Gasteiger partial charge < -0.3 is 14.2 Å². The Morgan fingerprint density at radius 3 is 1.12 bits per heavy atom. The van der Waals surface area contributed by atoms with Crippen molar-refractivity contribution in [3.63, 3.8) is 0 Å². The van der Waals surface area contributed by atoms with E-state index >= 15 is 0 Å². The van der Waals surface area contributed by atoms with Crippen LogP contribution in [-0.4, -0.2) is 23.9 Å². The predicted molar refractivity (Wildman–Crippen MR) is 89.9 cm³/mol. The van der Waals surface area contributed by atoms with Crippen LogP contribution in [0.2, 0.25) is 0 Å². The lowest BCUT2D eigenvalue weighted by atomic mass is 10.2. The van der Waals surface area contributed by atoms with Gasteiger partial charge in [-0.2, -0.15) is 0 Å². The zero-order valence-electron chi connectivity index (χ0n) is 15.5. The Hall–Kier alpha value is -1.59. The summed E-state index contributed by atoms with van der Waals surface area (Å²) < 4.78 is 15.8. The van der Waals surface area contributed by atoms with E-state index in [4.69, 9.17) is 14.2 Å². The standard InChI is InChI=1S/C18H32O6/c1-5-9-12-15(19)22-18(8-4,23-16(20)13-10-6-2)24-17(21)14-11-7-3/h5-14H2,1-4H3. The van der Waals surface area contributed by atoms with Crippen molar-refractivity contribution < 1.29 is 28.6 Å². The van der Waals surface area contributed by atoms with Gasteiger partial charge in [-0.15, -0.1) is 0 Å². The van der Waals surface area contributed by atoms with Gasteiger partial charge in [-0.05, 0) is 19.3 Å². The molecule has 0 atom stereocenters. The molecule has 0 aromatic carbocycles. The second kappa shape index (κ2) is 12.8. The predicted octanol–water partition coefficient (Wildman–Crippen LogP) is 4.25. The molecule has 0 saturated heterocycles. The van der Waals surface area contributed by atoms with E-state index in [9.17, 15) is 14.4 Å². The topological polar surface area (TPSA) is 78.9 Å². The first kappa shape index (κ1) is 22.4. The van der Waals surface area contributed by atoms with Crippen LogP contribution in [0.1, 0.15) is 91.9 Å². The van der Waals surface area contributed by atoms with Gasteiger partial charge in [-0.25, -0.2) is 0 Å². The number of rotatable bonds is 13. The summed E-state index contributed by atoms with van der Waals surface area (Å²) in [4.78, 5) is 35.9. The fourth-order valence-electron chi connectivity index (χ4n) is 1.92. The van der Waals surface area contributed by atoms with Gasteiger partial charge in [0, 0.05) is 19.3 Å². The zero-order chi connectivity index (χ0) is 18.4. The number of carbonyl (C=O) groups excluding carboxylic acids is 3. The van der Waals surface area contributed by atoms with Crippen LogP contribution in [0.15, 0.2) is 0 Å². The lowest BCUT2D eigenvalue weighted by Gasteiger charge is -2.30. The quantitative estimate of drug-likeness (QED) is 0.367. The van der Waals surface area contributed by atoms with Crippen molar-refractivity contribution in [3.05, 3.63) is 0 Å². The van der Waals surface area contributed by atoms with E-state index in [1.807, 2.05) is 20.8 Å². The van der Waals surface area contributed by atoms with Crippen molar-refractivity contribution in [2.75, 3.05) is 0 Å². The first-order valence-electron chi connectivity index (χ1n) is 9.08. The average Bonchev–Trinajstić information content (AvgIpc) is 2.56. The zero-order valence-corrected chi connectivity index (χ0v) is 15.5. The Morgan fingerprint density at radius 1 is 0.625 bits per heavy atom. The Labute approximate surface area is 145 Å². The fraction of sp³-hybridized carbons (Fsp3) is 0.833. The summed E-state index contributed by atoms with van der Waals surface area (Å²) in [6.07, 6.45) is 5.11. The van der Waals surface area contributed by atoms with Crippen molar-refractivity contribution >= 4 is 17.9 Å². The SMILES string of the molecule is CCCCC(=O)OC(CC)(OC(=O)CCCC)OC(=O)CCCC. The first-order valence-corrected chi connectivity index (χ1v) is 9.08. The molecule has 0 amide bonds. The molecule has 0 aliphatic rings. The minimum Gasteiger partial charge on any atom is -0.388 e. The third-order valence-electron chi connectivity index (χ3n) is 3.44. The van der Waals surface area contributed by atoms with Gasteiger partial charge in [0.05, 0.1) is 6.42 Å². The molecule has 0 unspecified atom stereocenters. The van der Waals surface area contributed by atoms with Crippen LogP contribution < -0.4 is 0 Å². The average molecular weight is 344 g/mol. The maximum absolute atomic E-state index is 12.0. The van der Waals surface area contributed by atoms with E-state index < -0.39 is 23.9 Å². The number of hydrogen-bond donors (Lipinski definition) is 0. The Morgan fingerprint density at radius 2 is 0.917 bits per heavy atom. The summed E-state index contributed by atoms with van der Waals surface area (Å²) in [5.41, 5.74) is 0. The van der Waals surface area contributed by atoms with Gasteiger partial charge in [0.2, 0.25) is 0 Å². The number of unbranched alkanes of at least 4 members (excludes halogenated alkanes) is 3. The van der Waals surface area contributed by atoms with Crippen LogP contribution >= 0.6 is 0 Å². The highest BCUT2D eigenvalue weighted by Crippen LogP contribution is 2.24. The largest absolute Gasteiger partial charge is 0.423 e. The van der Waals surface area contributed by atoms with Crippen LogP contribution in [0.3, 0.4) is 0 Å². The van der Waals surface area contributed by atoms with Crippen LogP contribution in [0.25, 0.3) is 0 Å². The van der Waals surface area contributed by atoms with Gasteiger partial charge in [-0.3, -0.25) is 14.4 Å². The molecule has 0 radical (unpaired) electrons. The molecule has 0 fully saturated rings. The van der Waals surface area contributed by atoms with E-state index in [2.05, 4.69) is 0 Å². The number of hydrogen-bond acceptors (Lipinski definition) is 6. The third-order valence-corrected chi connectivity index (χ3v) is 3.44. The number of ether oxygens (including phenoxy) is 3. The molecule has 0 bridgehead atoms. The van der Waals surface area contributed by atoms with Crippen molar-refractivity contribution in [1.29, 1.82) is 0 Å². The van der Waals surface area contributed by atoms with Crippen molar-refractivity contribution in [1.82, 2.24) is 0 Å². The number of carbonyl (C=O) groups is 3. The lowest BCUT2D eigenvalue weighted by Crippen LogP contribution is -2.44. The Bertz CT molecular complexity index is 336. The van der Waals surface area contributed by atoms with Gasteiger partial charge in [0.1, 0.15) is 0 Å². The van der Waals surface area contributed by atoms with Crippen molar-refractivity contribution in [2.45, 2.75) is 97.9 Å². The van der Waals surface area contributed by atoms with Gasteiger partial charge in [-0.1, -0.05) is 47.0 Å². The Kier molecular flexibility index (Phi) is 11.9.